The van der Waals surface area contributed by atoms with E-state index in [-0.39, 0.29) is 35.9 Å². The fourth-order valence-corrected chi connectivity index (χ4v) is 4.82. The average molecular weight is 558 g/mol. The molecule has 1 saturated carbocycles. The number of thiophene rings is 1. The Kier molecular flexibility index (Phi) is 8.70. The number of hydrogen-bond acceptors (Lipinski definition) is 5. The highest BCUT2D eigenvalue weighted by molar-refractivity contribution is 14.0. The van der Waals surface area contributed by atoms with Crippen molar-refractivity contribution in [3.8, 4) is 0 Å². The number of nitrogens with zero attached hydrogens (tertiary/aromatic N) is 5. The topological polar surface area (TPSA) is 87.4 Å². The van der Waals surface area contributed by atoms with Crippen LogP contribution in [0.3, 0.4) is 0 Å². The van der Waals surface area contributed by atoms with Crippen LogP contribution in [0.4, 0.5) is 0 Å². The zero-order valence-electron chi connectivity index (χ0n) is 18.2. The fourth-order valence-electron chi connectivity index (χ4n) is 4.18. The molecule has 8 nitrogen and oxygen atoms in total. The van der Waals surface area contributed by atoms with E-state index >= 15 is 0 Å². The second-order valence-electron chi connectivity index (χ2n) is 8.22. The molecular formula is C21H32IN7OS. The molecule has 1 aliphatic carbocycles. The number of likely N-dealkylation sites (tertiary alicyclic amines) is 1. The summed E-state index contributed by atoms with van der Waals surface area (Å²) in [5, 5.41) is 17.4. The monoisotopic (exact) mass is 557 g/mol. The smallest absolute Gasteiger partial charge is 0.225 e. The molecule has 170 valence electrons. The van der Waals surface area contributed by atoms with E-state index in [0.29, 0.717) is 12.5 Å². The summed E-state index contributed by atoms with van der Waals surface area (Å²) in [4.78, 5) is 20.8. The molecule has 2 N–H and O–H groups in total. The summed E-state index contributed by atoms with van der Waals surface area (Å²) in [5.41, 5.74) is 0. The number of halogens is 1. The Bertz CT molecular complexity index is 876. The Morgan fingerprint density at radius 1 is 1.29 bits per heavy atom. The molecule has 1 aliphatic heterocycles. The molecule has 1 amide bonds. The second-order valence-corrected chi connectivity index (χ2v) is 9.25. The summed E-state index contributed by atoms with van der Waals surface area (Å²) in [6, 6.07) is 4.38. The zero-order chi connectivity index (χ0) is 20.9. The lowest BCUT2D eigenvalue weighted by atomic mass is 10.1. The lowest BCUT2D eigenvalue weighted by Crippen LogP contribution is -2.45. The molecule has 2 aromatic rings. The SMILES string of the molecule is Cc1nnc(CN=C(NCc2cccs2)NC2CCN(C(=O)C3CCCC3)C2)n1C.I. The van der Waals surface area contributed by atoms with Crippen LogP contribution in [0.15, 0.2) is 22.5 Å². The average Bonchev–Trinajstić information content (AvgIpc) is 3.54. The van der Waals surface area contributed by atoms with Crippen molar-refractivity contribution in [2.45, 2.75) is 58.2 Å². The molecular weight excluding hydrogens is 525 g/mol. The predicted molar refractivity (Wildman–Crippen MR) is 134 cm³/mol. The molecule has 0 aromatic carbocycles. The summed E-state index contributed by atoms with van der Waals surface area (Å²) < 4.78 is 1.96. The Morgan fingerprint density at radius 3 is 2.77 bits per heavy atom. The van der Waals surface area contributed by atoms with Crippen LogP contribution in [0.1, 0.15) is 48.6 Å². The van der Waals surface area contributed by atoms with Gasteiger partial charge in [-0.15, -0.1) is 45.5 Å². The predicted octanol–water partition coefficient (Wildman–Crippen LogP) is 2.83. The van der Waals surface area contributed by atoms with Gasteiger partial charge in [-0.25, -0.2) is 4.99 Å². The number of aryl methyl sites for hydroxylation is 1. The molecule has 31 heavy (non-hydrogen) atoms. The molecule has 3 heterocycles. The molecule has 2 aliphatic rings. The van der Waals surface area contributed by atoms with Gasteiger partial charge >= 0.3 is 0 Å². The van der Waals surface area contributed by atoms with E-state index in [1.807, 2.05) is 23.4 Å². The van der Waals surface area contributed by atoms with Gasteiger partial charge in [-0.05, 0) is 37.6 Å². The van der Waals surface area contributed by atoms with Gasteiger partial charge in [0.2, 0.25) is 5.91 Å². The van der Waals surface area contributed by atoms with Crippen molar-refractivity contribution in [2.24, 2.45) is 18.0 Å². The Hall–Kier alpha value is -1.69. The third-order valence-corrected chi connectivity index (χ3v) is 6.99. The number of amides is 1. The number of aliphatic imine (C=N–C) groups is 1. The van der Waals surface area contributed by atoms with Gasteiger partial charge in [0, 0.05) is 37.0 Å². The number of carbonyl (C=O) groups is 1. The molecule has 0 bridgehead atoms. The van der Waals surface area contributed by atoms with Crippen LogP contribution in [0, 0.1) is 12.8 Å². The third kappa shape index (κ3) is 6.18. The summed E-state index contributed by atoms with van der Waals surface area (Å²) >= 11 is 1.72. The van der Waals surface area contributed by atoms with E-state index in [9.17, 15) is 4.79 Å². The molecule has 1 unspecified atom stereocenters. The lowest BCUT2D eigenvalue weighted by Gasteiger charge is -2.21. The standard InChI is InChI=1S/C21H31N7OS.HI/c1-15-25-26-19(27(15)2)13-23-21(22-12-18-8-5-11-30-18)24-17-9-10-28(14-17)20(29)16-6-3-4-7-16;/h5,8,11,16-17H,3-4,6-7,9-10,12-14H2,1-2H3,(H2,22,23,24);1H. The first-order valence-corrected chi connectivity index (χ1v) is 11.7. The highest BCUT2D eigenvalue weighted by Crippen LogP contribution is 2.27. The van der Waals surface area contributed by atoms with E-state index in [1.165, 1.54) is 17.7 Å². The van der Waals surface area contributed by atoms with Crippen molar-refractivity contribution in [1.29, 1.82) is 0 Å². The van der Waals surface area contributed by atoms with Gasteiger partial charge in [-0.2, -0.15) is 0 Å². The highest BCUT2D eigenvalue weighted by atomic mass is 127. The molecule has 0 spiro atoms. The largest absolute Gasteiger partial charge is 0.352 e. The van der Waals surface area contributed by atoms with Gasteiger partial charge in [-0.3, -0.25) is 4.79 Å². The fraction of sp³-hybridized carbons (Fsp3) is 0.619. The van der Waals surface area contributed by atoms with Crippen LogP contribution in [0.5, 0.6) is 0 Å². The van der Waals surface area contributed by atoms with Crippen molar-refractivity contribution in [2.75, 3.05) is 13.1 Å². The van der Waals surface area contributed by atoms with Crippen molar-refractivity contribution in [3.63, 3.8) is 0 Å². The van der Waals surface area contributed by atoms with Crippen LogP contribution in [-0.2, 0) is 24.9 Å². The zero-order valence-corrected chi connectivity index (χ0v) is 21.4. The Labute approximate surface area is 204 Å². The third-order valence-electron chi connectivity index (χ3n) is 6.12. The van der Waals surface area contributed by atoms with Gasteiger partial charge in [0.1, 0.15) is 12.4 Å². The number of guanidine groups is 1. The Balaban J connectivity index is 0.00000272. The van der Waals surface area contributed by atoms with Crippen LogP contribution in [0.2, 0.25) is 0 Å². The Morgan fingerprint density at radius 2 is 2.10 bits per heavy atom. The van der Waals surface area contributed by atoms with Crippen LogP contribution >= 0.6 is 35.3 Å². The van der Waals surface area contributed by atoms with E-state index in [2.05, 4.69) is 38.3 Å². The highest BCUT2D eigenvalue weighted by Gasteiger charge is 2.32. The maximum atomic E-state index is 12.7. The van der Waals surface area contributed by atoms with Gasteiger partial charge in [0.15, 0.2) is 11.8 Å². The van der Waals surface area contributed by atoms with Crippen LogP contribution < -0.4 is 10.6 Å². The number of rotatable bonds is 6. The first kappa shape index (κ1) is 24.0. The second kappa shape index (κ2) is 11.3. The molecule has 2 aromatic heterocycles. The van der Waals surface area contributed by atoms with Gasteiger partial charge in [0.25, 0.3) is 0 Å². The number of carbonyl (C=O) groups excluding carboxylic acids is 1. The summed E-state index contributed by atoms with van der Waals surface area (Å²) in [6.45, 7) is 4.68. The quantitative estimate of drug-likeness (QED) is 0.324. The van der Waals surface area contributed by atoms with Gasteiger partial charge < -0.3 is 20.1 Å². The van der Waals surface area contributed by atoms with Crippen molar-refractivity contribution in [3.05, 3.63) is 34.0 Å². The molecule has 1 atom stereocenters. The summed E-state index contributed by atoms with van der Waals surface area (Å²) in [7, 11) is 1.95. The van der Waals surface area contributed by atoms with E-state index in [4.69, 9.17) is 4.99 Å². The van der Waals surface area contributed by atoms with Crippen LogP contribution in [0.25, 0.3) is 0 Å². The van der Waals surface area contributed by atoms with Crippen molar-refractivity contribution >= 4 is 47.2 Å². The van der Waals surface area contributed by atoms with Gasteiger partial charge in [-0.1, -0.05) is 18.9 Å². The minimum Gasteiger partial charge on any atom is -0.352 e. The number of hydrogen-bond donors (Lipinski definition) is 2. The lowest BCUT2D eigenvalue weighted by molar-refractivity contribution is -0.134. The normalized spacial score (nSPS) is 19.5. The molecule has 10 heteroatoms. The first-order valence-electron chi connectivity index (χ1n) is 10.8. The summed E-state index contributed by atoms with van der Waals surface area (Å²) in [6.07, 6.45) is 5.44. The number of nitrogens with one attached hydrogen (secondary N) is 2. The van der Waals surface area contributed by atoms with Crippen molar-refractivity contribution in [1.82, 2.24) is 30.3 Å². The molecule has 1 saturated heterocycles. The van der Waals surface area contributed by atoms with Crippen LogP contribution in [-0.4, -0.2) is 50.7 Å². The number of aromatic nitrogens is 3. The van der Waals surface area contributed by atoms with E-state index in [0.717, 1.165) is 56.5 Å². The minimum atomic E-state index is 0. The molecule has 0 radical (unpaired) electrons. The van der Waals surface area contributed by atoms with E-state index < -0.39 is 0 Å². The maximum absolute atomic E-state index is 12.7. The van der Waals surface area contributed by atoms with Crippen molar-refractivity contribution < 1.29 is 4.79 Å². The minimum absolute atomic E-state index is 0. The molecule has 4 rings (SSSR count). The maximum Gasteiger partial charge on any atom is 0.225 e. The molecule has 2 fully saturated rings. The van der Waals surface area contributed by atoms with E-state index in [1.54, 1.807) is 11.3 Å². The first-order chi connectivity index (χ1) is 14.6. The van der Waals surface area contributed by atoms with Gasteiger partial charge in [0.05, 0.1) is 6.54 Å². The summed E-state index contributed by atoms with van der Waals surface area (Å²) in [5.74, 6) is 3.04.